The number of allylic oxidation sites excluding steroid dienone is 8. The average molecular weight is 890 g/mol. The zero-order chi connectivity index (χ0) is 38.1. The molecular formula is C50H56Cl4Zr. The monoisotopic (exact) mass is 886 g/mol. The molecule has 0 aromatic heterocycles. The molecule has 55 heavy (non-hydrogen) atoms. The summed E-state index contributed by atoms with van der Waals surface area (Å²) in [4.78, 5) is 0. The van der Waals surface area contributed by atoms with Crippen LogP contribution in [0.1, 0.15) is 109 Å². The number of hydrogen-bond donors (Lipinski definition) is 0. The zero-order valence-electron chi connectivity index (χ0n) is 34.1. The summed E-state index contributed by atoms with van der Waals surface area (Å²) in [6, 6.07) is 27.6. The first-order valence-electron chi connectivity index (χ1n) is 19.5. The van der Waals surface area contributed by atoms with Crippen molar-refractivity contribution in [2.75, 3.05) is 0 Å². The van der Waals surface area contributed by atoms with Crippen LogP contribution in [0.4, 0.5) is 0 Å². The predicted octanol–water partition coefficient (Wildman–Crippen LogP) is 14.3. The third kappa shape index (κ3) is 6.20. The maximum atomic E-state index is 7.01. The molecule has 0 N–H and O–H groups in total. The van der Waals surface area contributed by atoms with Crippen LogP contribution in [0.5, 0.6) is 0 Å². The van der Waals surface area contributed by atoms with Crippen LogP contribution in [0.3, 0.4) is 0 Å². The van der Waals surface area contributed by atoms with Gasteiger partial charge in [0.05, 0.1) is 0 Å². The van der Waals surface area contributed by atoms with E-state index in [1.807, 2.05) is 12.1 Å². The van der Waals surface area contributed by atoms with Crippen LogP contribution in [0, 0.1) is 11.3 Å². The van der Waals surface area contributed by atoms with Gasteiger partial charge in [0, 0.05) is 0 Å². The van der Waals surface area contributed by atoms with Crippen LogP contribution in [0.2, 0.25) is 13.7 Å². The molecular weight excluding hydrogens is 834 g/mol. The van der Waals surface area contributed by atoms with E-state index in [0.29, 0.717) is 0 Å². The first kappa shape index (κ1) is 42.4. The molecule has 288 valence electrons. The molecule has 4 aromatic rings. The van der Waals surface area contributed by atoms with E-state index in [2.05, 4.69) is 154 Å². The van der Waals surface area contributed by atoms with Crippen molar-refractivity contribution < 1.29 is 18.3 Å². The van der Waals surface area contributed by atoms with Gasteiger partial charge in [0.15, 0.2) is 0 Å². The number of fused-ring (bicyclic) bond motifs is 5. The Labute approximate surface area is 353 Å². The number of rotatable bonds is 4. The van der Waals surface area contributed by atoms with Crippen LogP contribution >= 0.6 is 48.0 Å². The fourth-order valence-electron chi connectivity index (χ4n) is 10.9. The van der Waals surface area contributed by atoms with Gasteiger partial charge in [0.2, 0.25) is 0 Å². The summed E-state index contributed by atoms with van der Waals surface area (Å²) in [5.74, 6) is 0.221. The van der Waals surface area contributed by atoms with Gasteiger partial charge in [-0.25, -0.2) is 0 Å². The molecule has 4 aromatic carbocycles. The van der Waals surface area contributed by atoms with Crippen molar-refractivity contribution in [1.82, 2.24) is 0 Å². The number of benzene rings is 4. The first-order valence-corrected chi connectivity index (χ1v) is 27.1. The van der Waals surface area contributed by atoms with Crippen LogP contribution < -0.4 is 6.54 Å². The van der Waals surface area contributed by atoms with Crippen LogP contribution in [-0.2, 0) is 35.5 Å². The number of halogens is 4. The summed E-state index contributed by atoms with van der Waals surface area (Å²) in [7, 11) is 0. The van der Waals surface area contributed by atoms with Gasteiger partial charge in [-0.1, -0.05) is 0 Å². The molecule has 0 nitrogen and oxygen atoms in total. The summed E-state index contributed by atoms with van der Waals surface area (Å²) in [6.07, 6.45) is 12.2. The minimum absolute atomic E-state index is 0. The van der Waals surface area contributed by atoms with E-state index in [0.717, 1.165) is 22.9 Å². The summed E-state index contributed by atoms with van der Waals surface area (Å²) in [5, 5.41) is 1.51. The molecule has 0 radical (unpaired) electrons. The van der Waals surface area contributed by atoms with Crippen molar-refractivity contribution in [2.45, 2.75) is 96.5 Å². The third-order valence-corrected chi connectivity index (χ3v) is 32.7. The molecule has 0 bridgehead atoms. The predicted molar refractivity (Wildman–Crippen MR) is 245 cm³/mol. The van der Waals surface area contributed by atoms with Crippen LogP contribution in [-0.4, -0.2) is 4.21 Å². The minimum atomic E-state index is -5.09. The Morgan fingerprint density at radius 2 is 1.24 bits per heavy atom. The van der Waals surface area contributed by atoms with E-state index in [1.165, 1.54) is 71.1 Å². The van der Waals surface area contributed by atoms with Gasteiger partial charge in [-0.2, -0.15) is 0 Å². The molecule has 5 heteroatoms. The molecule has 2 atom stereocenters. The maximum absolute atomic E-state index is 7.01. The van der Waals surface area contributed by atoms with E-state index in [4.69, 9.17) is 27.4 Å². The summed E-state index contributed by atoms with van der Waals surface area (Å²) in [6.45, 7) is 23.8. The Morgan fingerprint density at radius 3 is 1.75 bits per heavy atom. The molecule has 0 heterocycles. The van der Waals surface area contributed by atoms with Gasteiger partial charge in [-0.3, -0.25) is 0 Å². The van der Waals surface area contributed by atoms with E-state index < -0.39 is 18.3 Å². The molecule has 8 rings (SSSR count). The summed E-state index contributed by atoms with van der Waals surface area (Å²) in [5.41, 5.74) is 15.4. The Morgan fingerprint density at radius 1 is 0.709 bits per heavy atom. The topological polar surface area (TPSA) is 0 Å². The molecule has 0 saturated carbocycles. The molecule has 4 aliphatic carbocycles. The van der Waals surface area contributed by atoms with Gasteiger partial charge >= 0.3 is 332 Å². The van der Waals surface area contributed by atoms with Crippen molar-refractivity contribution in [3.8, 4) is 11.1 Å². The molecule has 0 saturated heterocycles. The van der Waals surface area contributed by atoms with Gasteiger partial charge in [0.25, 0.3) is 0 Å². The van der Waals surface area contributed by atoms with Crippen molar-refractivity contribution in [1.29, 1.82) is 0 Å². The van der Waals surface area contributed by atoms with Crippen LogP contribution in [0.25, 0.3) is 22.3 Å². The second kappa shape index (κ2) is 14.0. The average Bonchev–Trinajstić information content (AvgIpc) is 3.67. The Balaban J connectivity index is 0.00000257. The van der Waals surface area contributed by atoms with E-state index >= 15 is 0 Å². The fraction of sp³-hybridized carbons (Fsp3) is 0.340. The molecule has 4 aliphatic rings. The third-order valence-electron chi connectivity index (χ3n) is 14.0. The van der Waals surface area contributed by atoms with Gasteiger partial charge in [-0.15, -0.1) is 24.8 Å². The van der Waals surface area contributed by atoms with Crippen LogP contribution in [0.15, 0.2) is 106 Å². The van der Waals surface area contributed by atoms with Crippen molar-refractivity contribution in [3.05, 3.63) is 149 Å². The second-order valence-corrected chi connectivity index (χ2v) is 33.4. The molecule has 2 unspecified atom stereocenters. The van der Waals surface area contributed by atoms with Crippen molar-refractivity contribution in [3.63, 3.8) is 0 Å². The quantitative estimate of drug-likeness (QED) is 0.169. The Hall–Kier alpha value is -2.25. The van der Waals surface area contributed by atoms with Gasteiger partial charge in [0.1, 0.15) is 0 Å². The standard InChI is InChI=1S/C27H29.C10H15.2C6H4Cl.CH2.2ClH.Zr/c1-16-7-9-26(3,4)24-12-18-11-19-13-25-21(17(2)8-10-27(25,5)6)15-23(19)22(18)14-20(16)24;1-8-5-6-9(7-8)10(2,3)4;2*7-6-4-2-1-3-5-6;;;;/h7-9,12-15H,10-11H2,1-6H3;6-8H,1-4H3;2*1-2,4-5H;1H2;2*1H;. The SMILES string of the molecule is Cl.Cl.[CH2]=[Zr]([C]1=CC(C(C)(C)C)=CC1C)([c]1cccc(Cl)c1)([c]1cccc(Cl)c1)[CH]1C=C(C)c2cc3c(cc2C1(C)C)Cc1cc2c(cc1-3)C(C)=CCC2(C)C. The van der Waals surface area contributed by atoms with Crippen molar-refractivity contribution in [2.24, 2.45) is 11.3 Å². The fourth-order valence-corrected chi connectivity index (χ4v) is 31.4. The first-order chi connectivity index (χ1) is 24.7. The zero-order valence-corrected chi connectivity index (χ0v) is 39.7. The number of hydrogen-bond acceptors (Lipinski definition) is 0. The summed E-state index contributed by atoms with van der Waals surface area (Å²) >= 11 is 8.92. The second-order valence-electron chi connectivity index (χ2n) is 19.1. The normalized spacial score (nSPS) is 20.7. The molecule has 0 aliphatic heterocycles. The van der Waals surface area contributed by atoms with Gasteiger partial charge < -0.3 is 0 Å². The molecule has 0 amide bonds. The molecule has 0 fully saturated rings. The summed E-state index contributed by atoms with van der Waals surface area (Å²) < 4.78 is 9.98. The van der Waals surface area contributed by atoms with Gasteiger partial charge in [-0.05, 0) is 0 Å². The van der Waals surface area contributed by atoms with E-state index in [1.54, 1.807) is 0 Å². The van der Waals surface area contributed by atoms with E-state index in [9.17, 15) is 0 Å². The van der Waals surface area contributed by atoms with Crippen molar-refractivity contribution >= 4 is 69.9 Å². The Bertz CT molecular complexity index is 2410. The molecule has 0 spiro atoms. The Kier molecular flexibility index (Phi) is 10.7. The van der Waals surface area contributed by atoms with E-state index in [-0.39, 0.29) is 50.6 Å².